The Hall–Kier alpha value is -3.88. The van der Waals surface area contributed by atoms with E-state index in [9.17, 15) is 19.2 Å². The Labute approximate surface area is 242 Å². The lowest BCUT2D eigenvalue weighted by molar-refractivity contribution is -0.133. The summed E-state index contributed by atoms with van der Waals surface area (Å²) in [6, 6.07) is 12.7. The fourth-order valence-corrected chi connectivity index (χ4v) is 5.66. The molecule has 1 heterocycles. The van der Waals surface area contributed by atoms with Crippen molar-refractivity contribution in [2.75, 3.05) is 6.54 Å². The molecule has 0 saturated heterocycles. The molecule has 41 heavy (non-hydrogen) atoms. The predicted octanol–water partition coefficient (Wildman–Crippen LogP) is 4.46. The molecule has 4 N–H and O–H groups in total. The van der Waals surface area contributed by atoms with Crippen molar-refractivity contribution in [3.05, 3.63) is 59.2 Å². The lowest BCUT2D eigenvalue weighted by Gasteiger charge is -2.37. The Morgan fingerprint density at radius 2 is 1.68 bits per heavy atom. The smallest absolute Gasteiger partial charge is 0.408 e. The lowest BCUT2D eigenvalue weighted by atomic mass is 9.80. The summed E-state index contributed by atoms with van der Waals surface area (Å²) in [5.41, 5.74) is 8.47. The summed E-state index contributed by atoms with van der Waals surface area (Å²) in [5, 5.41) is 5.62. The van der Waals surface area contributed by atoms with E-state index >= 15 is 0 Å². The van der Waals surface area contributed by atoms with Crippen molar-refractivity contribution in [1.29, 1.82) is 0 Å². The van der Waals surface area contributed by atoms with Gasteiger partial charge >= 0.3 is 6.09 Å². The first kappa shape index (κ1) is 30.1. The number of hydrogen-bond acceptors (Lipinski definition) is 5. The summed E-state index contributed by atoms with van der Waals surface area (Å²) in [4.78, 5) is 53.0. The third kappa shape index (κ3) is 7.26. The van der Waals surface area contributed by atoms with Gasteiger partial charge in [-0.05, 0) is 74.4 Å². The fourth-order valence-electron chi connectivity index (χ4n) is 5.66. The first-order chi connectivity index (χ1) is 19.4. The quantitative estimate of drug-likeness (QED) is 0.415. The zero-order chi connectivity index (χ0) is 29.8. The summed E-state index contributed by atoms with van der Waals surface area (Å²) in [7, 11) is 0. The summed E-state index contributed by atoms with van der Waals surface area (Å²) < 4.78 is 5.42. The largest absolute Gasteiger partial charge is 0.444 e. The van der Waals surface area contributed by atoms with Crippen LogP contribution in [0.5, 0.6) is 0 Å². The molecule has 1 atom stereocenters. The summed E-state index contributed by atoms with van der Waals surface area (Å²) in [6.07, 6.45) is 3.92. The van der Waals surface area contributed by atoms with E-state index in [-0.39, 0.29) is 12.3 Å². The van der Waals surface area contributed by atoms with Gasteiger partial charge in [0.1, 0.15) is 17.2 Å². The number of alkyl carbamates (subject to hydrolysis) is 1. The molecule has 0 spiro atoms. The van der Waals surface area contributed by atoms with Crippen LogP contribution in [0.15, 0.2) is 42.5 Å². The molecule has 2 aromatic rings. The second-order valence-corrected chi connectivity index (χ2v) is 12.2. The number of ether oxygens (including phenoxy) is 1. The minimum Gasteiger partial charge on any atom is -0.444 e. The number of primary amides is 1. The Balaban J connectivity index is 1.45. The number of amides is 4. The van der Waals surface area contributed by atoms with Crippen LogP contribution in [-0.4, -0.2) is 52.4 Å². The van der Waals surface area contributed by atoms with Crippen LogP contribution in [0.1, 0.15) is 87.7 Å². The molecule has 2 aliphatic rings. The van der Waals surface area contributed by atoms with Crippen LogP contribution in [-0.2, 0) is 27.3 Å². The third-order valence-electron chi connectivity index (χ3n) is 7.74. The maximum Gasteiger partial charge on any atom is 0.408 e. The van der Waals surface area contributed by atoms with Crippen molar-refractivity contribution in [3.8, 4) is 11.1 Å². The number of fused-ring (bicyclic) bond motifs is 1. The summed E-state index contributed by atoms with van der Waals surface area (Å²) in [5.74, 6) is -0.988. The second-order valence-electron chi connectivity index (χ2n) is 12.2. The molecule has 1 saturated carbocycles. The molecule has 4 amide bonds. The Morgan fingerprint density at radius 1 is 1.02 bits per heavy atom. The molecule has 0 unspecified atom stereocenters. The zero-order valence-corrected chi connectivity index (χ0v) is 24.5. The maximum atomic E-state index is 13.5. The van der Waals surface area contributed by atoms with Crippen molar-refractivity contribution in [1.82, 2.24) is 15.5 Å². The van der Waals surface area contributed by atoms with Crippen molar-refractivity contribution in [2.24, 2.45) is 5.73 Å². The van der Waals surface area contributed by atoms with Gasteiger partial charge in [0.15, 0.2) is 0 Å². The van der Waals surface area contributed by atoms with Crippen LogP contribution in [0.25, 0.3) is 11.1 Å². The molecule has 220 valence electrons. The van der Waals surface area contributed by atoms with E-state index in [1.807, 2.05) is 41.3 Å². The van der Waals surface area contributed by atoms with Crippen molar-refractivity contribution < 1.29 is 23.9 Å². The number of benzene rings is 2. The number of nitrogens with one attached hydrogen (secondary N) is 2. The average Bonchev–Trinajstić information content (AvgIpc) is 3.22. The molecular weight excluding hydrogens is 520 g/mol. The highest BCUT2D eigenvalue weighted by atomic mass is 16.6. The number of nitrogens with zero attached hydrogens (tertiary/aromatic N) is 1. The van der Waals surface area contributed by atoms with Gasteiger partial charge in [0.05, 0.1) is 0 Å². The molecule has 1 aliphatic carbocycles. The average molecular weight is 563 g/mol. The first-order valence-electron chi connectivity index (χ1n) is 14.5. The molecule has 1 fully saturated rings. The van der Waals surface area contributed by atoms with E-state index in [0.717, 1.165) is 60.0 Å². The van der Waals surface area contributed by atoms with Crippen LogP contribution >= 0.6 is 0 Å². The molecule has 2 aromatic carbocycles. The first-order valence-corrected chi connectivity index (χ1v) is 14.5. The van der Waals surface area contributed by atoms with Gasteiger partial charge in [-0.1, -0.05) is 56.5 Å². The van der Waals surface area contributed by atoms with E-state index in [1.54, 1.807) is 20.8 Å². The van der Waals surface area contributed by atoms with Crippen molar-refractivity contribution in [3.63, 3.8) is 0 Å². The van der Waals surface area contributed by atoms with Gasteiger partial charge in [-0.3, -0.25) is 14.4 Å². The van der Waals surface area contributed by atoms with Crippen LogP contribution in [0.4, 0.5) is 4.79 Å². The molecule has 0 aromatic heterocycles. The number of carbonyl (C=O) groups is 4. The lowest BCUT2D eigenvalue weighted by Crippen LogP contribution is -2.63. The molecule has 1 aliphatic heterocycles. The van der Waals surface area contributed by atoms with E-state index < -0.39 is 35.1 Å². The maximum absolute atomic E-state index is 13.5. The van der Waals surface area contributed by atoms with E-state index in [2.05, 4.69) is 23.6 Å². The minimum atomic E-state index is -1.15. The summed E-state index contributed by atoms with van der Waals surface area (Å²) >= 11 is 0. The number of rotatable bonds is 9. The molecule has 0 bridgehead atoms. The third-order valence-corrected chi connectivity index (χ3v) is 7.74. The van der Waals surface area contributed by atoms with Gasteiger partial charge in [-0.15, -0.1) is 0 Å². The number of carbonyl (C=O) groups excluding carboxylic acids is 4. The molecule has 4 rings (SSSR count). The molecule has 9 heteroatoms. The topological polar surface area (TPSA) is 131 Å². The normalized spacial score (nSPS) is 17.0. The van der Waals surface area contributed by atoms with Gasteiger partial charge in [0, 0.05) is 25.1 Å². The Kier molecular flexibility index (Phi) is 9.05. The Morgan fingerprint density at radius 3 is 2.29 bits per heavy atom. The van der Waals surface area contributed by atoms with Crippen LogP contribution < -0.4 is 16.4 Å². The second kappa shape index (κ2) is 12.3. The number of hydrogen-bond donors (Lipinski definition) is 3. The monoisotopic (exact) mass is 562 g/mol. The standard InChI is InChI=1S/C32H42N4O5/c1-5-17-36-20-24-19-23(13-14-25(24)28(36)38)22-11-9-21(10-12-22)18-26(27(33)37)34-29(39)32(15-7-6-8-16-32)35-30(40)41-31(2,3)4/h9-14,19,26H,5-8,15-18,20H2,1-4H3,(H2,33,37)(H,34,39)(H,35,40)/t26-/m0/s1. The van der Waals surface area contributed by atoms with Gasteiger partial charge in [0.25, 0.3) is 5.91 Å². The molecular formula is C32H42N4O5. The van der Waals surface area contributed by atoms with Gasteiger partial charge in [0.2, 0.25) is 11.8 Å². The van der Waals surface area contributed by atoms with Gasteiger partial charge in [-0.25, -0.2) is 4.79 Å². The van der Waals surface area contributed by atoms with E-state index in [0.29, 0.717) is 19.4 Å². The zero-order valence-electron chi connectivity index (χ0n) is 24.5. The van der Waals surface area contributed by atoms with Gasteiger partial charge < -0.3 is 26.0 Å². The van der Waals surface area contributed by atoms with Gasteiger partial charge in [-0.2, -0.15) is 0 Å². The molecule has 0 radical (unpaired) electrons. The van der Waals surface area contributed by atoms with Crippen molar-refractivity contribution >= 4 is 23.8 Å². The highest BCUT2D eigenvalue weighted by Gasteiger charge is 2.43. The van der Waals surface area contributed by atoms with Crippen LogP contribution in [0.2, 0.25) is 0 Å². The van der Waals surface area contributed by atoms with Crippen molar-refractivity contribution in [2.45, 2.75) is 96.4 Å². The van der Waals surface area contributed by atoms with Crippen LogP contribution in [0, 0.1) is 0 Å². The number of nitrogens with two attached hydrogens (primary N) is 1. The summed E-state index contributed by atoms with van der Waals surface area (Å²) in [6.45, 7) is 8.72. The molecule has 9 nitrogen and oxygen atoms in total. The Bertz CT molecular complexity index is 1290. The highest BCUT2D eigenvalue weighted by Crippen LogP contribution is 2.31. The van der Waals surface area contributed by atoms with E-state index in [1.165, 1.54) is 0 Å². The fraction of sp³-hybridized carbons (Fsp3) is 0.500. The van der Waals surface area contributed by atoms with Crippen LogP contribution in [0.3, 0.4) is 0 Å². The predicted molar refractivity (Wildman–Crippen MR) is 157 cm³/mol. The minimum absolute atomic E-state index is 0.0830. The van der Waals surface area contributed by atoms with E-state index in [4.69, 9.17) is 10.5 Å². The highest BCUT2D eigenvalue weighted by molar-refractivity contribution is 5.99. The SMILES string of the molecule is CCCN1Cc2cc(-c3ccc(C[C@H](NC(=O)C4(NC(=O)OC(C)(C)C)CCCCC4)C(N)=O)cc3)ccc2C1=O.